The van der Waals surface area contributed by atoms with E-state index in [0.29, 0.717) is 27.4 Å². The van der Waals surface area contributed by atoms with E-state index in [2.05, 4.69) is 15.5 Å². The van der Waals surface area contributed by atoms with Crippen LogP contribution in [0.4, 0.5) is 5.69 Å². The smallest absolute Gasteiger partial charge is 0.234 e. The van der Waals surface area contributed by atoms with E-state index in [4.69, 9.17) is 21.1 Å². The normalized spacial score (nSPS) is 10.5. The van der Waals surface area contributed by atoms with Crippen LogP contribution >= 0.6 is 23.4 Å². The molecule has 0 aliphatic rings. The summed E-state index contributed by atoms with van der Waals surface area (Å²) in [5, 5.41) is 12.2. The first-order valence-corrected chi connectivity index (χ1v) is 9.75. The average Bonchev–Trinajstić information content (AvgIpc) is 3.06. The van der Waals surface area contributed by atoms with Gasteiger partial charge < -0.3 is 19.4 Å². The molecule has 3 rings (SSSR count). The highest BCUT2D eigenvalue weighted by Gasteiger charge is 2.13. The third-order valence-corrected chi connectivity index (χ3v) is 5.16. The average molecular weight is 419 g/mol. The summed E-state index contributed by atoms with van der Waals surface area (Å²) in [4.78, 5) is 12.1. The number of hydrogen-bond acceptors (Lipinski definition) is 6. The molecule has 0 spiro atoms. The second-order valence-electron chi connectivity index (χ2n) is 5.74. The van der Waals surface area contributed by atoms with E-state index in [1.54, 1.807) is 48.1 Å². The zero-order valence-electron chi connectivity index (χ0n) is 15.4. The number of amides is 1. The number of rotatable bonds is 8. The lowest BCUT2D eigenvalue weighted by Gasteiger charge is -2.08. The van der Waals surface area contributed by atoms with Crippen LogP contribution in [-0.2, 0) is 18.4 Å². The van der Waals surface area contributed by atoms with Crippen molar-refractivity contribution in [1.82, 2.24) is 14.8 Å². The van der Waals surface area contributed by atoms with Crippen LogP contribution in [0.5, 0.6) is 11.5 Å². The lowest BCUT2D eigenvalue weighted by molar-refractivity contribution is -0.113. The number of anilines is 1. The van der Waals surface area contributed by atoms with Crippen molar-refractivity contribution in [3.8, 4) is 11.5 Å². The third kappa shape index (κ3) is 5.17. The number of benzene rings is 2. The van der Waals surface area contributed by atoms with Crippen LogP contribution in [0.2, 0.25) is 5.02 Å². The number of thioether (sulfide) groups is 1. The molecule has 1 aromatic heterocycles. The van der Waals surface area contributed by atoms with Crippen molar-refractivity contribution in [1.29, 1.82) is 0 Å². The van der Waals surface area contributed by atoms with Crippen LogP contribution < -0.4 is 14.8 Å². The van der Waals surface area contributed by atoms with Gasteiger partial charge in [0.05, 0.1) is 17.9 Å². The second-order valence-corrected chi connectivity index (χ2v) is 7.09. The van der Waals surface area contributed by atoms with E-state index in [9.17, 15) is 4.79 Å². The van der Waals surface area contributed by atoms with Gasteiger partial charge >= 0.3 is 0 Å². The van der Waals surface area contributed by atoms with Crippen molar-refractivity contribution in [2.75, 3.05) is 18.2 Å². The maximum absolute atomic E-state index is 12.1. The molecule has 1 amide bonds. The van der Waals surface area contributed by atoms with E-state index in [1.807, 2.05) is 19.2 Å². The molecule has 0 saturated heterocycles. The molecule has 3 aromatic rings. The van der Waals surface area contributed by atoms with Gasteiger partial charge in [-0.1, -0.05) is 35.5 Å². The van der Waals surface area contributed by atoms with Gasteiger partial charge in [-0.25, -0.2) is 0 Å². The summed E-state index contributed by atoms with van der Waals surface area (Å²) in [5.41, 5.74) is 0.707. The Hall–Kier alpha value is -2.71. The molecule has 2 aromatic carbocycles. The van der Waals surface area contributed by atoms with Crippen molar-refractivity contribution < 1.29 is 14.3 Å². The number of ether oxygens (including phenoxy) is 2. The molecule has 0 fully saturated rings. The quantitative estimate of drug-likeness (QED) is 0.561. The minimum absolute atomic E-state index is 0.132. The first-order valence-electron chi connectivity index (χ1n) is 8.39. The van der Waals surface area contributed by atoms with Gasteiger partial charge in [-0.3, -0.25) is 4.79 Å². The van der Waals surface area contributed by atoms with Crippen LogP contribution in [-0.4, -0.2) is 33.5 Å². The number of carbonyl (C=O) groups excluding carboxylic acids is 1. The second kappa shape index (κ2) is 9.48. The molecule has 0 atom stereocenters. The summed E-state index contributed by atoms with van der Waals surface area (Å²) >= 11 is 7.38. The Balaban J connectivity index is 1.52. The van der Waals surface area contributed by atoms with E-state index in [0.717, 1.165) is 5.75 Å². The largest absolute Gasteiger partial charge is 0.497 e. The van der Waals surface area contributed by atoms with Crippen molar-refractivity contribution in [2.24, 2.45) is 7.05 Å². The number of nitrogens with one attached hydrogen (secondary N) is 1. The van der Waals surface area contributed by atoms with Crippen LogP contribution in [0.15, 0.2) is 53.7 Å². The molecule has 0 radical (unpaired) electrons. The molecule has 9 heteroatoms. The van der Waals surface area contributed by atoms with E-state index in [1.165, 1.54) is 11.8 Å². The van der Waals surface area contributed by atoms with Crippen molar-refractivity contribution in [2.45, 2.75) is 11.8 Å². The van der Waals surface area contributed by atoms with Gasteiger partial charge in [0.1, 0.15) is 18.1 Å². The van der Waals surface area contributed by atoms with Gasteiger partial charge in [0, 0.05) is 12.7 Å². The fourth-order valence-corrected chi connectivity index (χ4v) is 3.22. The Labute approximate surface area is 172 Å². The molecule has 0 bridgehead atoms. The van der Waals surface area contributed by atoms with Gasteiger partial charge in [0.2, 0.25) is 5.91 Å². The first-order chi connectivity index (χ1) is 13.6. The van der Waals surface area contributed by atoms with Crippen LogP contribution in [0.1, 0.15) is 5.82 Å². The minimum atomic E-state index is -0.132. The van der Waals surface area contributed by atoms with Crippen LogP contribution in [0.25, 0.3) is 0 Å². The number of nitrogens with zero attached hydrogens (tertiary/aromatic N) is 3. The van der Waals surface area contributed by atoms with Gasteiger partial charge in [0.15, 0.2) is 11.0 Å². The third-order valence-electron chi connectivity index (χ3n) is 3.82. The molecule has 146 valence electrons. The van der Waals surface area contributed by atoms with Gasteiger partial charge in [-0.15, -0.1) is 10.2 Å². The lowest BCUT2D eigenvalue weighted by Crippen LogP contribution is -2.14. The monoisotopic (exact) mass is 418 g/mol. The van der Waals surface area contributed by atoms with Crippen LogP contribution in [0.3, 0.4) is 0 Å². The number of halogens is 1. The maximum atomic E-state index is 12.1. The number of aromatic nitrogens is 3. The molecule has 0 aliphatic heterocycles. The highest BCUT2D eigenvalue weighted by molar-refractivity contribution is 7.99. The highest BCUT2D eigenvalue weighted by atomic mass is 35.5. The van der Waals surface area contributed by atoms with Gasteiger partial charge in [0.25, 0.3) is 0 Å². The molecule has 0 aliphatic carbocycles. The van der Waals surface area contributed by atoms with E-state index >= 15 is 0 Å². The maximum Gasteiger partial charge on any atom is 0.234 e. The number of hydrogen-bond donors (Lipinski definition) is 1. The van der Waals surface area contributed by atoms with Crippen molar-refractivity contribution in [3.63, 3.8) is 0 Å². The van der Waals surface area contributed by atoms with Gasteiger partial charge in [-0.2, -0.15) is 0 Å². The SMILES string of the molecule is COc1ccc(NC(=O)CSc2nnc(COc3ccccc3Cl)n2C)cc1. The van der Waals surface area contributed by atoms with E-state index < -0.39 is 0 Å². The topological polar surface area (TPSA) is 78.3 Å². The number of methoxy groups -OCH3 is 1. The molecule has 0 unspecified atom stereocenters. The fourth-order valence-electron chi connectivity index (χ4n) is 2.30. The Kier molecular flexibility index (Phi) is 6.78. The highest BCUT2D eigenvalue weighted by Crippen LogP contribution is 2.24. The predicted molar refractivity (Wildman–Crippen MR) is 109 cm³/mol. The number of carbonyl (C=O) groups is 1. The molecule has 1 heterocycles. The Morgan fingerprint density at radius 2 is 1.93 bits per heavy atom. The van der Waals surface area contributed by atoms with Crippen LogP contribution in [0, 0.1) is 0 Å². The van der Waals surface area contributed by atoms with Gasteiger partial charge in [-0.05, 0) is 36.4 Å². The Bertz CT molecular complexity index is 947. The Morgan fingerprint density at radius 3 is 2.64 bits per heavy atom. The first kappa shape index (κ1) is 20.0. The summed E-state index contributed by atoms with van der Waals surface area (Å²) < 4.78 is 12.6. The van der Waals surface area contributed by atoms with E-state index in [-0.39, 0.29) is 18.3 Å². The zero-order valence-corrected chi connectivity index (χ0v) is 17.0. The zero-order chi connectivity index (χ0) is 19.9. The lowest BCUT2D eigenvalue weighted by atomic mass is 10.3. The fraction of sp³-hybridized carbons (Fsp3) is 0.211. The summed E-state index contributed by atoms with van der Waals surface area (Å²) in [6, 6.07) is 14.4. The molecule has 28 heavy (non-hydrogen) atoms. The molecule has 7 nitrogen and oxygen atoms in total. The van der Waals surface area contributed by atoms with Crippen molar-refractivity contribution >= 4 is 35.0 Å². The number of para-hydroxylation sites is 1. The summed E-state index contributed by atoms with van der Waals surface area (Å²) in [5.74, 6) is 2.03. The Morgan fingerprint density at radius 1 is 1.18 bits per heavy atom. The summed E-state index contributed by atoms with van der Waals surface area (Å²) in [6.45, 7) is 0.228. The molecular formula is C19H19ClN4O3S. The van der Waals surface area contributed by atoms with Crippen molar-refractivity contribution in [3.05, 3.63) is 59.4 Å². The summed E-state index contributed by atoms with van der Waals surface area (Å²) in [6.07, 6.45) is 0. The molecule has 1 N–H and O–H groups in total. The standard InChI is InChI=1S/C19H19ClN4O3S/c1-24-17(11-27-16-6-4-3-5-15(16)20)22-23-19(24)28-12-18(25)21-13-7-9-14(26-2)10-8-13/h3-10H,11-12H2,1-2H3,(H,21,25). The minimum Gasteiger partial charge on any atom is -0.497 e. The predicted octanol–water partition coefficient (Wildman–Crippen LogP) is 3.79. The molecule has 0 saturated carbocycles. The molecular weight excluding hydrogens is 400 g/mol. The summed E-state index contributed by atoms with van der Waals surface area (Å²) in [7, 11) is 3.42.